The molecule has 16 rings (SSSR count). The molecule has 34 heteroatoms. The minimum absolute atomic E-state index is 0. The number of hydrogen-bond donors (Lipinski definition) is 8. The van der Waals surface area contributed by atoms with Gasteiger partial charge in [0.15, 0.2) is 0 Å². The lowest BCUT2D eigenvalue weighted by Gasteiger charge is -2.28. The van der Waals surface area contributed by atoms with Gasteiger partial charge in [-0.1, -0.05) is 242 Å². The largest absolute Gasteiger partial charge is 0.453 e. The Morgan fingerprint density at radius 1 is 0.430 bits per heavy atom. The summed E-state index contributed by atoms with van der Waals surface area (Å²) in [6, 6.07) is 66.5. The molecule has 4 fully saturated rings. The third-order valence-corrected chi connectivity index (χ3v) is 25.9. The Hall–Kier alpha value is -12.9. The van der Waals surface area contributed by atoms with Gasteiger partial charge in [0.1, 0.15) is 70.3 Å². The zero-order valence-corrected chi connectivity index (χ0v) is 73.5. The molecule has 4 aliphatic rings. The number of methoxy groups -OCH3 is 2. The molecule has 0 aliphatic carbocycles. The number of halogens is 2. The second kappa shape index (κ2) is 43.5. The number of hydrogen-bond acceptors (Lipinski definition) is 20. The molecule has 0 bridgehead atoms. The maximum atomic E-state index is 14.2. The fourth-order valence-corrected chi connectivity index (χ4v) is 18.7. The van der Waals surface area contributed by atoms with E-state index >= 15 is 0 Å². The fraction of sp³-hybridized carbons (Fsp3) is 0.277. The van der Waals surface area contributed by atoms with Crippen molar-refractivity contribution in [2.75, 3.05) is 66.1 Å². The van der Waals surface area contributed by atoms with E-state index in [1.807, 2.05) is 226 Å². The number of aromatic nitrogens is 8. The Bertz CT molecular complexity index is 5400. The zero-order chi connectivity index (χ0) is 87.7. The third-order valence-electron chi connectivity index (χ3n) is 23.4. The summed E-state index contributed by atoms with van der Waals surface area (Å²) in [5.41, 5.74) is 13.4. The number of amides is 6. The number of likely N-dealkylation sites (tertiary alicyclic amines) is 4. The molecule has 4 aliphatic heterocycles. The minimum atomic E-state index is -0.910. The molecule has 0 radical (unpaired) electrons. The lowest BCUT2D eigenvalue weighted by atomic mass is 9.98. The van der Waals surface area contributed by atoms with E-state index in [1.165, 1.54) is 14.2 Å². The first kappa shape index (κ1) is 92.7. The van der Waals surface area contributed by atoms with Gasteiger partial charge in [0.05, 0.1) is 74.0 Å². The van der Waals surface area contributed by atoms with Gasteiger partial charge in [0.2, 0.25) is 24.6 Å². The molecule has 4 aromatic heterocycles. The topological polar surface area (TPSA) is 420 Å². The van der Waals surface area contributed by atoms with Crippen molar-refractivity contribution in [1.29, 1.82) is 10.8 Å². The number of ether oxygens (including phenoxy) is 2. The minimum Gasteiger partial charge on any atom is -0.453 e. The molecule has 0 unspecified atom stereocenters. The lowest BCUT2D eigenvalue weighted by molar-refractivity contribution is -0.221. The monoisotopic (exact) mass is 1810 g/mol. The van der Waals surface area contributed by atoms with E-state index in [0.717, 1.165) is 92.7 Å². The number of rotatable bonds is 30. The number of alkyl carbamates (subject to hydrolysis) is 2. The highest BCUT2D eigenvalue weighted by molar-refractivity contribution is 7.99. The summed E-state index contributed by atoms with van der Waals surface area (Å²) in [6.45, 7) is 2.08. The summed E-state index contributed by atoms with van der Waals surface area (Å²) in [6.07, 6.45) is 12.2. The van der Waals surface area contributed by atoms with Gasteiger partial charge in [-0.3, -0.25) is 30.0 Å². The molecule has 0 saturated carbocycles. The molecule has 664 valence electrons. The van der Waals surface area contributed by atoms with Crippen LogP contribution in [0.1, 0.15) is 132 Å². The van der Waals surface area contributed by atoms with E-state index < -0.39 is 36.1 Å². The van der Waals surface area contributed by atoms with Crippen LogP contribution < -0.4 is 10.6 Å². The van der Waals surface area contributed by atoms with Crippen LogP contribution in [0.4, 0.5) is 9.59 Å². The number of aromatic amines is 4. The van der Waals surface area contributed by atoms with Crippen LogP contribution in [0.5, 0.6) is 0 Å². The van der Waals surface area contributed by atoms with Gasteiger partial charge in [-0.05, 0) is 107 Å². The molecule has 12 aromatic rings. The van der Waals surface area contributed by atoms with Crippen LogP contribution in [0.2, 0.25) is 10.3 Å². The van der Waals surface area contributed by atoms with Gasteiger partial charge in [-0.25, -0.2) is 29.5 Å². The molecule has 8 heterocycles. The van der Waals surface area contributed by atoms with Crippen molar-refractivity contribution in [3.05, 3.63) is 287 Å². The van der Waals surface area contributed by atoms with E-state index in [0.29, 0.717) is 108 Å². The number of nitrogens with one attached hydrogen (secondary N) is 8. The molecule has 10 atom stereocenters. The number of carbonyl (C=O) groups excluding carboxylic acids is 6. The average Bonchev–Trinajstić information content (AvgIpc) is 1.65. The van der Waals surface area contributed by atoms with E-state index in [2.05, 4.69) is 54.8 Å². The predicted octanol–water partition coefficient (Wildman–Crippen LogP) is 16.1. The van der Waals surface area contributed by atoms with Crippen LogP contribution in [-0.4, -0.2) is 196 Å². The quantitative estimate of drug-likeness (QED) is 0.00681. The Labute approximate surface area is 757 Å². The summed E-state index contributed by atoms with van der Waals surface area (Å²) in [4.78, 5) is 141. The summed E-state index contributed by atoms with van der Waals surface area (Å²) in [7, 11) is 2.56. The van der Waals surface area contributed by atoms with Gasteiger partial charge < -0.3 is 80.4 Å². The normalized spacial score (nSPS) is 17.9. The molecule has 30 nitrogen and oxygen atoms in total. The highest BCUT2D eigenvalue weighted by Crippen LogP contribution is 2.44. The molecular formula is C94H98Cl2N16O14S2. The molecule has 128 heavy (non-hydrogen) atoms. The number of imidazole rings is 4. The second-order valence-corrected chi connectivity index (χ2v) is 33.7. The van der Waals surface area contributed by atoms with Crippen LogP contribution in [-0.2, 0) is 48.2 Å². The molecule has 12 N–H and O–H groups in total. The van der Waals surface area contributed by atoms with Crippen molar-refractivity contribution in [3.63, 3.8) is 0 Å². The smallest absolute Gasteiger partial charge is 0.407 e. The summed E-state index contributed by atoms with van der Waals surface area (Å²) >= 11 is 17.0. The lowest BCUT2D eigenvalue weighted by Crippen LogP contribution is -2.43. The Morgan fingerprint density at radius 3 is 1.07 bits per heavy atom. The maximum absolute atomic E-state index is 14.2. The molecule has 4 saturated heterocycles. The highest BCUT2D eigenvalue weighted by Gasteiger charge is 2.45. The fourth-order valence-electron chi connectivity index (χ4n) is 16.9. The van der Waals surface area contributed by atoms with Crippen molar-refractivity contribution in [1.82, 2.24) is 70.1 Å². The molecular weight excluding hydrogens is 1710 g/mol. The van der Waals surface area contributed by atoms with Crippen molar-refractivity contribution in [2.24, 2.45) is 0 Å². The average molecular weight is 1810 g/mol. The number of benzene rings is 8. The van der Waals surface area contributed by atoms with Crippen LogP contribution in [0, 0.1) is 10.8 Å². The Balaban J connectivity index is 0.000000215. The summed E-state index contributed by atoms with van der Waals surface area (Å²) in [5.74, 6) is 0.674. The first-order valence-electron chi connectivity index (χ1n) is 41.3. The van der Waals surface area contributed by atoms with Crippen molar-refractivity contribution in [3.8, 4) is 67.3 Å². The van der Waals surface area contributed by atoms with Crippen molar-refractivity contribution < 1.29 is 68.7 Å². The van der Waals surface area contributed by atoms with E-state index in [-0.39, 0.29) is 82.5 Å². The van der Waals surface area contributed by atoms with E-state index in [9.17, 15) is 28.8 Å². The Morgan fingerprint density at radius 2 is 0.750 bits per heavy atom. The van der Waals surface area contributed by atoms with E-state index in [4.69, 9.17) is 83.0 Å². The first-order chi connectivity index (χ1) is 61.5. The number of carbonyl (C=O) groups is 6. The molecule has 8 aromatic carbocycles. The third kappa shape index (κ3) is 21.2. The van der Waals surface area contributed by atoms with Crippen LogP contribution in [0.25, 0.3) is 67.3 Å². The van der Waals surface area contributed by atoms with Crippen molar-refractivity contribution in [2.45, 2.75) is 97.1 Å². The second-order valence-electron chi connectivity index (χ2n) is 30.7. The predicted molar refractivity (Wildman–Crippen MR) is 491 cm³/mol. The van der Waals surface area contributed by atoms with Gasteiger partial charge >= 0.3 is 12.2 Å². The summed E-state index contributed by atoms with van der Waals surface area (Å²) in [5, 5.41) is 20.9. The molecule has 0 spiro atoms. The standard InChI is InChI=1S/2C47H47ClN8O6S.2H2O/c2*1-60-47(59)53-41(33-12-7-4-8-13-33)46(58)56-26-35(63-2)24-39(56)43-50-25-37(51-43)32-19-15-29(16-20-32)30-17-21-34(22-18-30)40-42(48)54-44(52-40)38-14-9-23-55(38)45(57)36(27-61-62-28-49)31-10-5-3-6-11-31;;/h2*3-8,10-13,15-22,25,28,35-36,38-39,41,49H,9,14,23-24,26-27H2,1-2H3,(H,50,51)(H,52,54)(H,53,59);2*1H2/t35-,36+,38-,39-,41-;35-,36-,38-,39-,41+;;/m00../s1. The van der Waals surface area contributed by atoms with Crippen LogP contribution in [0.15, 0.2) is 231 Å². The van der Waals surface area contributed by atoms with Crippen LogP contribution in [0.3, 0.4) is 0 Å². The molecule has 6 amide bonds. The Kier molecular flexibility index (Phi) is 31.5. The SMILES string of the molecule is COC(=O)N[C@@H](C(=O)N1C[C@@H](SC)C[C@H]1c1ncc(-c2ccc(-c3ccc(-c4nc([C@@H]5CCCN5C(=O)[C@@H](COOC=N)c5ccccc5)[nH]c4Cl)cc3)cc2)[nH]1)c1ccccc1.COC(=O)N[C@H](C(=O)N1C[C@@H](SC)C[C@H]1c1ncc(-c2ccc(-c3ccc(-c4nc([C@@H]5CCCN5C(=O)[C@H](COOC=N)c5ccccc5)[nH]c4Cl)cc3)cc2)[nH]1)c1ccccc1.O.O. The number of H-pyrrole nitrogens is 4. The number of thioether (sulfide) groups is 2. The van der Waals surface area contributed by atoms with Gasteiger partial charge in [-0.2, -0.15) is 33.3 Å². The van der Waals surface area contributed by atoms with Gasteiger partial charge in [-0.15, -0.1) is 0 Å². The first-order valence-corrected chi connectivity index (χ1v) is 44.6. The maximum Gasteiger partial charge on any atom is 0.407 e. The number of nitrogens with zero attached hydrogens (tertiary/aromatic N) is 8. The van der Waals surface area contributed by atoms with E-state index in [1.54, 1.807) is 35.9 Å². The summed E-state index contributed by atoms with van der Waals surface area (Å²) < 4.78 is 9.73. The van der Waals surface area contributed by atoms with Crippen LogP contribution >= 0.6 is 46.7 Å². The zero-order valence-electron chi connectivity index (χ0n) is 70.4. The van der Waals surface area contributed by atoms with Gasteiger partial charge in [0.25, 0.3) is 11.8 Å². The highest BCUT2D eigenvalue weighted by atomic mass is 35.5. The van der Waals surface area contributed by atoms with Crippen molar-refractivity contribution >= 4 is 95.3 Å². The van der Waals surface area contributed by atoms with Gasteiger partial charge in [0, 0.05) is 47.8 Å².